The van der Waals surface area contributed by atoms with Crippen molar-refractivity contribution >= 4 is 0 Å². The van der Waals surface area contributed by atoms with Crippen LogP contribution < -0.4 is 0 Å². The number of aliphatic hydroxyl groups excluding tert-OH is 1. The first kappa shape index (κ1) is 10.8. The Kier molecular flexibility index (Phi) is 2.75. The zero-order valence-electron chi connectivity index (χ0n) is 9.68. The van der Waals surface area contributed by atoms with E-state index in [1.54, 1.807) is 13.1 Å². The van der Waals surface area contributed by atoms with Crippen molar-refractivity contribution in [2.24, 2.45) is 0 Å². The summed E-state index contributed by atoms with van der Waals surface area (Å²) < 4.78 is 1.84. The summed E-state index contributed by atoms with van der Waals surface area (Å²) in [7, 11) is 0. The lowest BCUT2D eigenvalue weighted by molar-refractivity contribution is 0.194. The Morgan fingerprint density at radius 2 is 2.06 bits per heavy atom. The van der Waals surface area contributed by atoms with Gasteiger partial charge in [0.15, 0.2) is 0 Å². The summed E-state index contributed by atoms with van der Waals surface area (Å²) in [5.41, 5.74) is 3.64. The van der Waals surface area contributed by atoms with Gasteiger partial charge in [0.1, 0.15) is 0 Å². The monoisotopic (exact) mass is 217 g/mol. The van der Waals surface area contributed by atoms with Crippen LogP contribution in [0, 0.1) is 13.8 Å². The van der Waals surface area contributed by atoms with Crippen molar-refractivity contribution in [1.82, 2.24) is 14.8 Å². The Bertz CT molecular complexity index is 485. The molecule has 2 aromatic rings. The van der Waals surface area contributed by atoms with Crippen LogP contribution in [-0.2, 0) is 0 Å². The van der Waals surface area contributed by atoms with E-state index in [4.69, 9.17) is 0 Å². The molecule has 0 radical (unpaired) electrons. The first-order valence-electron chi connectivity index (χ1n) is 5.25. The first-order valence-corrected chi connectivity index (χ1v) is 5.25. The molecule has 0 unspecified atom stereocenters. The number of nitrogens with zero attached hydrogens (tertiary/aromatic N) is 3. The normalized spacial score (nSPS) is 12.8. The minimum atomic E-state index is -0.533. The molecule has 2 aromatic heterocycles. The summed E-state index contributed by atoms with van der Waals surface area (Å²) >= 11 is 0. The zero-order chi connectivity index (χ0) is 11.7. The van der Waals surface area contributed by atoms with Crippen molar-refractivity contribution < 1.29 is 5.11 Å². The van der Waals surface area contributed by atoms with E-state index in [-0.39, 0.29) is 0 Å². The van der Waals surface area contributed by atoms with Crippen LogP contribution in [0.25, 0.3) is 5.69 Å². The summed E-state index contributed by atoms with van der Waals surface area (Å²) in [5, 5.41) is 13.7. The average Bonchev–Trinajstić information content (AvgIpc) is 2.58. The van der Waals surface area contributed by atoms with Gasteiger partial charge in [0.2, 0.25) is 0 Å². The van der Waals surface area contributed by atoms with Gasteiger partial charge >= 0.3 is 0 Å². The third-order valence-corrected chi connectivity index (χ3v) is 2.45. The molecule has 0 saturated carbocycles. The molecular formula is C12H15N3O. The van der Waals surface area contributed by atoms with Crippen molar-refractivity contribution in [2.45, 2.75) is 26.9 Å². The van der Waals surface area contributed by atoms with E-state index in [0.717, 1.165) is 17.1 Å². The highest BCUT2D eigenvalue weighted by molar-refractivity contribution is 5.31. The van der Waals surface area contributed by atoms with E-state index >= 15 is 0 Å². The fourth-order valence-electron chi connectivity index (χ4n) is 1.66. The number of pyridine rings is 1. The lowest BCUT2D eigenvalue weighted by Crippen LogP contribution is -2.02. The molecule has 0 bridgehead atoms. The van der Waals surface area contributed by atoms with Gasteiger partial charge in [-0.05, 0) is 39.0 Å². The topological polar surface area (TPSA) is 50.9 Å². The molecule has 0 aromatic carbocycles. The fraction of sp³-hybridized carbons (Fsp3) is 0.333. The number of aromatic nitrogens is 3. The van der Waals surface area contributed by atoms with Gasteiger partial charge < -0.3 is 5.11 Å². The van der Waals surface area contributed by atoms with Crippen molar-refractivity contribution in [2.75, 3.05) is 0 Å². The Morgan fingerprint density at radius 1 is 1.31 bits per heavy atom. The number of aryl methyl sites for hydroxylation is 2. The average molecular weight is 217 g/mol. The maximum absolute atomic E-state index is 9.36. The second kappa shape index (κ2) is 4.06. The van der Waals surface area contributed by atoms with E-state index in [9.17, 15) is 5.11 Å². The Balaban J connectivity index is 2.38. The van der Waals surface area contributed by atoms with E-state index < -0.39 is 6.10 Å². The third kappa shape index (κ3) is 1.97. The summed E-state index contributed by atoms with van der Waals surface area (Å²) in [4.78, 5) is 4.19. The molecule has 0 aliphatic heterocycles. The SMILES string of the molecule is Cc1cc(C)n(-c2ccc([C@@H](C)O)nc2)n1. The Labute approximate surface area is 94.6 Å². The zero-order valence-corrected chi connectivity index (χ0v) is 9.68. The summed E-state index contributed by atoms with van der Waals surface area (Å²) in [5.74, 6) is 0. The van der Waals surface area contributed by atoms with Crippen molar-refractivity contribution in [3.63, 3.8) is 0 Å². The minimum absolute atomic E-state index is 0.533. The van der Waals surface area contributed by atoms with Crippen LogP contribution in [0.15, 0.2) is 24.4 Å². The molecule has 1 N–H and O–H groups in total. The van der Waals surface area contributed by atoms with Crippen LogP contribution in [0.1, 0.15) is 30.1 Å². The Morgan fingerprint density at radius 3 is 2.50 bits per heavy atom. The number of aliphatic hydroxyl groups is 1. The number of hydrogen-bond acceptors (Lipinski definition) is 3. The van der Waals surface area contributed by atoms with Gasteiger partial charge in [-0.1, -0.05) is 0 Å². The van der Waals surface area contributed by atoms with Crippen molar-refractivity contribution in [3.05, 3.63) is 41.5 Å². The lowest BCUT2D eigenvalue weighted by Gasteiger charge is -2.06. The fourth-order valence-corrected chi connectivity index (χ4v) is 1.66. The largest absolute Gasteiger partial charge is 0.387 e. The predicted molar refractivity (Wildman–Crippen MR) is 61.5 cm³/mol. The quantitative estimate of drug-likeness (QED) is 0.836. The summed E-state index contributed by atoms with van der Waals surface area (Å²) in [6.45, 7) is 5.66. The van der Waals surface area contributed by atoms with Gasteiger partial charge in [-0.3, -0.25) is 4.98 Å². The molecule has 0 amide bonds. The molecule has 4 heteroatoms. The molecule has 0 fully saturated rings. The highest BCUT2D eigenvalue weighted by atomic mass is 16.3. The number of hydrogen-bond donors (Lipinski definition) is 1. The molecular weight excluding hydrogens is 202 g/mol. The standard InChI is InChI=1S/C12H15N3O/c1-8-6-9(2)15(14-8)11-4-5-12(10(3)16)13-7-11/h4-7,10,16H,1-3H3/t10-/m1/s1. The molecule has 2 rings (SSSR count). The van der Waals surface area contributed by atoms with Crippen molar-refractivity contribution in [3.8, 4) is 5.69 Å². The molecule has 0 spiro atoms. The van der Waals surface area contributed by atoms with Crippen LogP contribution in [0.5, 0.6) is 0 Å². The second-order valence-electron chi connectivity index (χ2n) is 3.96. The number of rotatable bonds is 2. The van der Waals surface area contributed by atoms with Crippen LogP contribution in [0.2, 0.25) is 0 Å². The Hall–Kier alpha value is -1.68. The molecule has 84 valence electrons. The lowest BCUT2D eigenvalue weighted by atomic mass is 10.2. The van der Waals surface area contributed by atoms with Crippen LogP contribution in [0.3, 0.4) is 0 Å². The van der Waals surface area contributed by atoms with Crippen molar-refractivity contribution in [1.29, 1.82) is 0 Å². The highest BCUT2D eigenvalue weighted by Crippen LogP contribution is 2.14. The van der Waals surface area contributed by atoms with Crippen LogP contribution in [-0.4, -0.2) is 19.9 Å². The minimum Gasteiger partial charge on any atom is -0.387 e. The second-order valence-corrected chi connectivity index (χ2v) is 3.96. The molecule has 0 aliphatic carbocycles. The van der Waals surface area contributed by atoms with Gasteiger partial charge in [0.05, 0.1) is 29.4 Å². The molecule has 0 aliphatic rings. The van der Waals surface area contributed by atoms with Crippen LogP contribution >= 0.6 is 0 Å². The summed E-state index contributed by atoms with van der Waals surface area (Å²) in [6.07, 6.45) is 1.19. The molecule has 2 heterocycles. The maximum Gasteiger partial charge on any atom is 0.0931 e. The van der Waals surface area contributed by atoms with E-state index in [0.29, 0.717) is 5.69 Å². The predicted octanol–water partition coefficient (Wildman–Crippen LogP) is 1.94. The van der Waals surface area contributed by atoms with Gasteiger partial charge in [0.25, 0.3) is 0 Å². The van der Waals surface area contributed by atoms with Gasteiger partial charge in [-0.15, -0.1) is 0 Å². The van der Waals surface area contributed by atoms with E-state index in [2.05, 4.69) is 10.1 Å². The van der Waals surface area contributed by atoms with E-state index in [1.807, 2.05) is 36.7 Å². The molecule has 4 nitrogen and oxygen atoms in total. The van der Waals surface area contributed by atoms with Gasteiger partial charge in [-0.25, -0.2) is 4.68 Å². The van der Waals surface area contributed by atoms with Crippen LogP contribution in [0.4, 0.5) is 0 Å². The third-order valence-electron chi connectivity index (χ3n) is 2.45. The van der Waals surface area contributed by atoms with Gasteiger partial charge in [-0.2, -0.15) is 5.10 Å². The molecule has 1 atom stereocenters. The van der Waals surface area contributed by atoms with E-state index in [1.165, 1.54) is 0 Å². The first-order chi connectivity index (χ1) is 7.58. The molecule has 16 heavy (non-hydrogen) atoms. The molecule has 0 saturated heterocycles. The van der Waals surface area contributed by atoms with Gasteiger partial charge in [0, 0.05) is 5.69 Å². The maximum atomic E-state index is 9.36. The highest BCUT2D eigenvalue weighted by Gasteiger charge is 2.06. The smallest absolute Gasteiger partial charge is 0.0931 e. The summed E-state index contributed by atoms with van der Waals surface area (Å²) in [6, 6.07) is 5.74.